The van der Waals surface area contributed by atoms with Crippen LogP contribution in [0.5, 0.6) is 0 Å². The van der Waals surface area contributed by atoms with Crippen molar-refractivity contribution in [3.8, 4) is 0 Å². The van der Waals surface area contributed by atoms with E-state index in [-0.39, 0.29) is 22.6 Å². The molecule has 1 amide bonds. The molecule has 1 aromatic rings. The van der Waals surface area contributed by atoms with Crippen LogP contribution < -0.4 is 0 Å². The Bertz CT molecular complexity index is 979. The number of carbonyl (C=O) groups excluding carboxylic acids is 1. The summed E-state index contributed by atoms with van der Waals surface area (Å²) in [6, 6.07) is 5.71. The summed E-state index contributed by atoms with van der Waals surface area (Å²) in [5.74, 6) is -3.55. The van der Waals surface area contributed by atoms with Crippen LogP contribution in [0.1, 0.15) is 16.8 Å². The molecule has 152 valence electrons. The number of ether oxygens (including phenoxy) is 2. The van der Waals surface area contributed by atoms with E-state index in [4.69, 9.17) is 32.7 Å². The Morgan fingerprint density at radius 2 is 1.96 bits per heavy atom. The Morgan fingerprint density at radius 1 is 1.32 bits per heavy atom. The van der Waals surface area contributed by atoms with Crippen molar-refractivity contribution in [1.29, 1.82) is 0 Å². The predicted molar refractivity (Wildman–Crippen MR) is 99.7 cm³/mol. The topological polar surface area (TPSA) is 110 Å². The maximum absolute atomic E-state index is 12.9. The number of amides is 1. The van der Waals surface area contributed by atoms with Gasteiger partial charge in [0, 0.05) is 19.6 Å². The number of benzene rings is 1. The number of fused-ring (bicyclic) bond motifs is 1. The minimum Gasteiger partial charge on any atom is -0.501 e. The van der Waals surface area contributed by atoms with Gasteiger partial charge < -0.3 is 14.6 Å². The largest absolute Gasteiger partial charge is 0.501 e. The molecule has 1 aliphatic carbocycles. The number of nitrogens with zero attached hydrogens (tertiary/aromatic N) is 1. The van der Waals surface area contributed by atoms with E-state index < -0.39 is 44.3 Å². The minimum absolute atomic E-state index is 0.00293. The fourth-order valence-electron chi connectivity index (χ4n) is 3.57. The summed E-state index contributed by atoms with van der Waals surface area (Å²) in [7, 11) is -1.65. The second-order valence-electron chi connectivity index (χ2n) is 6.51. The van der Waals surface area contributed by atoms with Crippen LogP contribution in [0.15, 0.2) is 41.0 Å². The molecule has 0 saturated heterocycles. The summed E-state index contributed by atoms with van der Waals surface area (Å²) < 4.78 is 36.7. The van der Waals surface area contributed by atoms with Crippen LogP contribution in [0, 0.1) is 5.92 Å². The van der Waals surface area contributed by atoms with Crippen molar-refractivity contribution in [2.45, 2.75) is 21.3 Å². The zero-order valence-electron chi connectivity index (χ0n) is 14.9. The third-order valence-corrected chi connectivity index (χ3v) is 7.62. The molecule has 0 radical (unpaired) electrons. The second kappa shape index (κ2) is 6.91. The Kier molecular flexibility index (Phi) is 5.16. The maximum Gasteiger partial charge on any atom is 0.313 e. The number of allylic oxidation sites excluding steroid dienone is 1. The normalized spacial score (nSPS) is 31.3. The molecular weight excluding hydrogens is 433 g/mol. The van der Waals surface area contributed by atoms with Gasteiger partial charge in [0.15, 0.2) is 5.06 Å². The number of methoxy groups -OCH3 is 2. The van der Waals surface area contributed by atoms with Gasteiger partial charge >= 0.3 is 5.97 Å². The lowest BCUT2D eigenvalue weighted by Gasteiger charge is -2.44. The molecule has 0 fully saturated rings. The molecule has 1 aromatic carbocycles. The number of alkyl halides is 2. The van der Waals surface area contributed by atoms with E-state index in [0.717, 1.165) is 0 Å². The van der Waals surface area contributed by atoms with E-state index in [1.54, 1.807) is 0 Å². The third kappa shape index (κ3) is 3.06. The van der Waals surface area contributed by atoms with Crippen LogP contribution in [-0.4, -0.2) is 60.4 Å². The summed E-state index contributed by atoms with van der Waals surface area (Å²) >= 11 is 13.0. The number of carboxylic acids is 1. The molecule has 3 atom stereocenters. The number of sulfonamides is 1. The first kappa shape index (κ1) is 20.9. The molecule has 1 aliphatic heterocycles. The van der Waals surface area contributed by atoms with Crippen molar-refractivity contribution >= 4 is 45.1 Å². The molecule has 3 unspecified atom stereocenters. The van der Waals surface area contributed by atoms with Gasteiger partial charge in [-0.3, -0.25) is 9.59 Å². The lowest BCUT2D eigenvalue weighted by atomic mass is 9.78. The van der Waals surface area contributed by atoms with E-state index in [2.05, 4.69) is 0 Å². The Labute approximate surface area is 171 Å². The van der Waals surface area contributed by atoms with Crippen molar-refractivity contribution in [3.63, 3.8) is 0 Å². The first-order valence-corrected chi connectivity index (χ1v) is 10.3. The average Bonchev–Trinajstić information content (AvgIpc) is 2.82. The number of halogens is 2. The molecular formula is C17H17Cl2NO7S. The highest BCUT2D eigenvalue weighted by atomic mass is 35.5. The first-order chi connectivity index (χ1) is 13.0. The van der Waals surface area contributed by atoms with Gasteiger partial charge in [-0.2, -0.15) is 0 Å². The standard InChI is InChI=1S/C17H17Cl2NO7S/c1-26-10-7-16(18,13(15(22)23)17(19,8-10)27-2)9-20-14(21)11-5-3-4-6-12(11)28(20,24)25/h3-6,8,13H,7,9H2,1-2H3,(H,22,23). The van der Waals surface area contributed by atoms with Gasteiger partial charge in [-0.15, -0.1) is 11.6 Å². The maximum atomic E-state index is 12.9. The van der Waals surface area contributed by atoms with Crippen molar-refractivity contribution in [2.75, 3.05) is 20.8 Å². The number of carbonyl (C=O) groups is 2. The van der Waals surface area contributed by atoms with Crippen LogP contribution in [0.3, 0.4) is 0 Å². The fourth-order valence-corrected chi connectivity index (χ4v) is 6.26. The van der Waals surface area contributed by atoms with E-state index in [1.807, 2.05) is 0 Å². The lowest BCUT2D eigenvalue weighted by molar-refractivity contribution is -0.150. The van der Waals surface area contributed by atoms with Gasteiger partial charge in [-0.1, -0.05) is 23.7 Å². The molecule has 1 heterocycles. The summed E-state index contributed by atoms with van der Waals surface area (Å²) in [4.78, 5) is 22.8. The third-order valence-electron chi connectivity index (χ3n) is 4.88. The van der Waals surface area contributed by atoms with Gasteiger partial charge in [0.1, 0.15) is 10.8 Å². The second-order valence-corrected chi connectivity index (χ2v) is 9.69. The van der Waals surface area contributed by atoms with Gasteiger partial charge in [0.2, 0.25) is 0 Å². The Balaban J connectivity index is 2.09. The number of hydrogen-bond donors (Lipinski definition) is 1. The van der Waals surface area contributed by atoms with Gasteiger partial charge in [0.05, 0.1) is 29.9 Å². The SMILES string of the molecule is COC1=CC(Cl)(OC)C(C(=O)O)C(Cl)(CN2C(=O)c3ccccc3S2(=O)=O)C1. The van der Waals surface area contributed by atoms with Gasteiger partial charge in [-0.05, 0) is 12.1 Å². The van der Waals surface area contributed by atoms with Crippen molar-refractivity contribution in [3.05, 3.63) is 41.7 Å². The molecule has 2 aliphatic rings. The predicted octanol–water partition coefficient (Wildman–Crippen LogP) is 2.02. The quantitative estimate of drug-likeness (QED) is 0.684. The smallest absolute Gasteiger partial charge is 0.313 e. The number of carboxylic acid groups (broad SMARTS) is 1. The molecule has 8 nitrogen and oxygen atoms in total. The highest BCUT2D eigenvalue weighted by molar-refractivity contribution is 7.90. The lowest BCUT2D eigenvalue weighted by Crippen LogP contribution is -2.58. The molecule has 0 saturated carbocycles. The average molecular weight is 450 g/mol. The van der Waals surface area contributed by atoms with Gasteiger partial charge in [0.25, 0.3) is 15.9 Å². The van der Waals surface area contributed by atoms with Crippen LogP contribution in [0.2, 0.25) is 0 Å². The van der Waals surface area contributed by atoms with Crippen LogP contribution in [-0.2, 0) is 24.3 Å². The molecule has 0 spiro atoms. The van der Waals surface area contributed by atoms with Crippen molar-refractivity contribution in [2.24, 2.45) is 5.92 Å². The molecule has 3 rings (SSSR count). The molecule has 0 bridgehead atoms. The summed E-state index contributed by atoms with van der Waals surface area (Å²) in [6.07, 6.45) is 1.11. The summed E-state index contributed by atoms with van der Waals surface area (Å²) in [5, 5.41) is 7.88. The highest BCUT2D eigenvalue weighted by Crippen LogP contribution is 2.49. The van der Waals surface area contributed by atoms with E-state index in [9.17, 15) is 23.1 Å². The van der Waals surface area contributed by atoms with Crippen molar-refractivity contribution in [1.82, 2.24) is 4.31 Å². The monoisotopic (exact) mass is 449 g/mol. The first-order valence-electron chi connectivity index (χ1n) is 8.08. The zero-order valence-corrected chi connectivity index (χ0v) is 17.2. The van der Waals surface area contributed by atoms with Crippen LogP contribution in [0.4, 0.5) is 0 Å². The van der Waals surface area contributed by atoms with E-state index in [0.29, 0.717) is 4.31 Å². The van der Waals surface area contributed by atoms with E-state index >= 15 is 0 Å². The molecule has 1 N–H and O–H groups in total. The zero-order chi connectivity index (χ0) is 20.9. The summed E-state index contributed by atoms with van der Waals surface area (Å²) in [6.45, 7) is -0.625. The highest BCUT2D eigenvalue weighted by Gasteiger charge is 2.60. The van der Waals surface area contributed by atoms with Crippen LogP contribution in [0.25, 0.3) is 0 Å². The van der Waals surface area contributed by atoms with Crippen LogP contribution >= 0.6 is 23.2 Å². The molecule has 28 heavy (non-hydrogen) atoms. The number of aliphatic carboxylic acids is 1. The Hall–Kier alpha value is -1.81. The van der Waals surface area contributed by atoms with E-state index in [1.165, 1.54) is 44.6 Å². The Morgan fingerprint density at radius 3 is 2.50 bits per heavy atom. The number of rotatable bonds is 5. The molecule has 11 heteroatoms. The van der Waals surface area contributed by atoms with Gasteiger partial charge in [-0.25, -0.2) is 12.7 Å². The summed E-state index contributed by atoms with van der Waals surface area (Å²) in [5.41, 5.74) is -0.00293. The van der Waals surface area contributed by atoms with Crippen molar-refractivity contribution < 1.29 is 32.6 Å². The molecule has 0 aromatic heterocycles. The fraction of sp³-hybridized carbons (Fsp3) is 0.412. The number of hydrogen-bond acceptors (Lipinski definition) is 6. The minimum atomic E-state index is -4.19.